The first-order chi connectivity index (χ1) is 16.1. The quantitative estimate of drug-likeness (QED) is 0.517. The second kappa shape index (κ2) is 9.63. The number of hydrogen-bond donors (Lipinski definition) is 2. The minimum absolute atomic E-state index is 0.0902. The van der Waals surface area contributed by atoms with Gasteiger partial charge in [0.2, 0.25) is 0 Å². The molecule has 0 spiro atoms. The Morgan fingerprint density at radius 1 is 1.21 bits per heavy atom. The number of carbonyl (C=O) groups is 2. The molecule has 1 aromatic heterocycles. The molecule has 0 bridgehead atoms. The number of likely N-dealkylation sites (tertiary alicyclic amines) is 1. The lowest BCUT2D eigenvalue weighted by Gasteiger charge is -2.19. The molecule has 0 radical (unpaired) electrons. The molecule has 2 amide bonds. The summed E-state index contributed by atoms with van der Waals surface area (Å²) in [6.45, 7) is 2.23. The third-order valence-corrected chi connectivity index (χ3v) is 5.86. The molecule has 1 fully saturated rings. The summed E-state index contributed by atoms with van der Waals surface area (Å²) >= 11 is 5.97. The Labute approximate surface area is 198 Å². The third kappa shape index (κ3) is 5.51. The van der Waals surface area contributed by atoms with Crippen molar-refractivity contribution < 1.29 is 27.5 Å². The number of rotatable bonds is 6. The van der Waals surface area contributed by atoms with E-state index in [9.17, 15) is 22.8 Å². The summed E-state index contributed by atoms with van der Waals surface area (Å²) in [6, 6.07) is 8.16. The van der Waals surface area contributed by atoms with Gasteiger partial charge in [0.1, 0.15) is 11.9 Å². The van der Waals surface area contributed by atoms with E-state index in [0.717, 1.165) is 12.8 Å². The number of fused-ring (bicyclic) bond motifs is 1. The van der Waals surface area contributed by atoms with Crippen molar-refractivity contribution in [3.63, 3.8) is 0 Å². The molecule has 2 heterocycles. The summed E-state index contributed by atoms with van der Waals surface area (Å²) in [7, 11) is 0. The van der Waals surface area contributed by atoms with Gasteiger partial charge in [-0.3, -0.25) is 14.3 Å². The molecular formula is C23H22ClF3N4O3. The van der Waals surface area contributed by atoms with Gasteiger partial charge in [-0.1, -0.05) is 11.6 Å². The van der Waals surface area contributed by atoms with Crippen molar-refractivity contribution in [1.82, 2.24) is 20.2 Å². The number of H-pyrrole nitrogens is 1. The maximum absolute atomic E-state index is 12.9. The van der Waals surface area contributed by atoms with Crippen molar-refractivity contribution in [2.75, 3.05) is 19.7 Å². The molecule has 1 aliphatic rings. The Balaban J connectivity index is 1.55. The predicted octanol–water partition coefficient (Wildman–Crippen LogP) is 4.77. The van der Waals surface area contributed by atoms with Crippen molar-refractivity contribution in [2.45, 2.75) is 32.2 Å². The number of amides is 2. The number of halogens is 4. The Hall–Kier alpha value is -3.11. The van der Waals surface area contributed by atoms with Gasteiger partial charge in [0, 0.05) is 29.2 Å². The second-order valence-corrected chi connectivity index (χ2v) is 8.53. The number of alkyl halides is 3. The lowest BCUT2D eigenvalue weighted by Crippen LogP contribution is -2.34. The number of nitrogens with zero attached hydrogens (tertiary/aromatic N) is 2. The Morgan fingerprint density at radius 2 is 1.94 bits per heavy atom. The van der Waals surface area contributed by atoms with E-state index in [1.165, 1.54) is 6.07 Å². The summed E-state index contributed by atoms with van der Waals surface area (Å²) in [5.41, 5.74) is 2.28. The van der Waals surface area contributed by atoms with Crippen LogP contribution in [-0.4, -0.2) is 52.7 Å². The van der Waals surface area contributed by atoms with Crippen molar-refractivity contribution in [3.05, 3.63) is 63.9 Å². The molecule has 1 aliphatic heterocycles. The van der Waals surface area contributed by atoms with Gasteiger partial charge in [0.25, 0.3) is 11.8 Å². The average molecular weight is 495 g/mol. The second-order valence-electron chi connectivity index (χ2n) is 8.10. The van der Waals surface area contributed by atoms with Crippen LogP contribution in [-0.2, 0) is 4.74 Å². The zero-order valence-electron chi connectivity index (χ0n) is 18.2. The van der Waals surface area contributed by atoms with E-state index in [2.05, 4.69) is 20.0 Å². The fourth-order valence-corrected chi connectivity index (χ4v) is 4.08. The molecule has 1 atom stereocenters. The molecular weight excluding hydrogens is 473 g/mol. The molecule has 0 saturated carbocycles. The molecule has 7 nitrogen and oxygen atoms in total. The lowest BCUT2D eigenvalue weighted by molar-refractivity contribution is -0.326. The molecule has 180 valence electrons. The summed E-state index contributed by atoms with van der Waals surface area (Å²) in [4.78, 5) is 34.5. The van der Waals surface area contributed by atoms with Crippen LogP contribution in [0.4, 0.5) is 13.2 Å². The van der Waals surface area contributed by atoms with Gasteiger partial charge in [0.05, 0.1) is 17.6 Å². The first-order valence-electron chi connectivity index (χ1n) is 10.7. The maximum atomic E-state index is 12.9. The van der Waals surface area contributed by atoms with E-state index >= 15 is 0 Å². The van der Waals surface area contributed by atoms with Crippen LogP contribution >= 0.6 is 11.6 Å². The highest BCUT2D eigenvalue weighted by Gasteiger charge is 2.32. The standard InChI is InChI=1S/C23H22ClF3N4O3/c1-13-10-14(4-6-16(13)22(33)31-8-2-3-9-31)21(32)30-19(12-34-23(25,26)27)20-28-17-7-5-15(24)11-18(17)29-20/h4-7,10-11,19H,2-3,8-9,12H2,1H3,(H,28,29)(H,30,32). The van der Waals surface area contributed by atoms with E-state index < -0.39 is 24.9 Å². The smallest absolute Gasteiger partial charge is 0.340 e. The first-order valence-corrected chi connectivity index (χ1v) is 11.0. The molecule has 2 N–H and O–H groups in total. The predicted molar refractivity (Wildman–Crippen MR) is 120 cm³/mol. The lowest BCUT2D eigenvalue weighted by atomic mass is 10.0. The van der Waals surface area contributed by atoms with E-state index in [-0.39, 0.29) is 17.3 Å². The van der Waals surface area contributed by atoms with Crippen LogP contribution < -0.4 is 5.32 Å². The van der Waals surface area contributed by atoms with Gasteiger partial charge in [0.15, 0.2) is 0 Å². The highest BCUT2D eigenvalue weighted by molar-refractivity contribution is 6.31. The number of nitrogens with one attached hydrogen (secondary N) is 2. The molecule has 11 heteroatoms. The summed E-state index contributed by atoms with van der Waals surface area (Å²) in [6.07, 6.45) is -2.96. The molecule has 4 rings (SSSR count). The minimum Gasteiger partial charge on any atom is -0.340 e. The zero-order valence-corrected chi connectivity index (χ0v) is 19.0. The summed E-state index contributed by atoms with van der Waals surface area (Å²) in [5, 5.41) is 2.97. The Morgan fingerprint density at radius 3 is 2.62 bits per heavy atom. The van der Waals surface area contributed by atoms with E-state index in [1.54, 1.807) is 42.2 Å². The van der Waals surface area contributed by atoms with Crippen LogP contribution in [0.2, 0.25) is 5.02 Å². The normalized spacial score (nSPS) is 15.0. The molecule has 2 aromatic carbocycles. The van der Waals surface area contributed by atoms with E-state index in [1.807, 2.05) is 0 Å². The zero-order chi connectivity index (χ0) is 24.5. The maximum Gasteiger partial charge on any atom is 0.522 e. The third-order valence-electron chi connectivity index (χ3n) is 5.62. The highest BCUT2D eigenvalue weighted by atomic mass is 35.5. The SMILES string of the molecule is Cc1cc(C(=O)NC(COC(F)(F)F)c2nc3ccc(Cl)cc3[nH]2)ccc1C(=O)N1CCCC1. The number of ether oxygens (including phenoxy) is 1. The van der Waals surface area contributed by atoms with Gasteiger partial charge in [-0.25, -0.2) is 4.98 Å². The van der Waals surface area contributed by atoms with Crippen LogP contribution in [0.3, 0.4) is 0 Å². The van der Waals surface area contributed by atoms with Crippen LogP contribution in [0.5, 0.6) is 0 Å². The van der Waals surface area contributed by atoms with E-state index in [4.69, 9.17) is 11.6 Å². The van der Waals surface area contributed by atoms with Crippen molar-refractivity contribution in [3.8, 4) is 0 Å². The fraction of sp³-hybridized carbons (Fsp3) is 0.348. The number of aryl methyl sites for hydroxylation is 1. The van der Waals surface area contributed by atoms with Crippen LogP contribution in [0, 0.1) is 6.92 Å². The van der Waals surface area contributed by atoms with Crippen molar-refractivity contribution in [2.24, 2.45) is 0 Å². The van der Waals surface area contributed by atoms with Crippen LogP contribution in [0.1, 0.15) is 51.0 Å². The monoisotopic (exact) mass is 494 g/mol. The summed E-state index contributed by atoms with van der Waals surface area (Å²) in [5.74, 6) is -0.635. The molecule has 3 aromatic rings. The average Bonchev–Trinajstić information content (AvgIpc) is 3.45. The number of aromatic nitrogens is 2. The topological polar surface area (TPSA) is 87.3 Å². The van der Waals surface area contributed by atoms with Gasteiger partial charge in [-0.05, 0) is 61.7 Å². The number of hydrogen-bond acceptors (Lipinski definition) is 4. The summed E-state index contributed by atoms with van der Waals surface area (Å²) < 4.78 is 42.2. The Kier molecular flexibility index (Phi) is 6.81. The fourth-order valence-electron chi connectivity index (χ4n) is 3.91. The molecule has 34 heavy (non-hydrogen) atoms. The van der Waals surface area contributed by atoms with E-state index in [0.29, 0.717) is 40.3 Å². The van der Waals surface area contributed by atoms with Crippen LogP contribution in [0.25, 0.3) is 11.0 Å². The molecule has 1 unspecified atom stereocenters. The van der Waals surface area contributed by atoms with Gasteiger partial charge in [-0.2, -0.15) is 0 Å². The van der Waals surface area contributed by atoms with Gasteiger partial charge >= 0.3 is 6.36 Å². The largest absolute Gasteiger partial charge is 0.522 e. The van der Waals surface area contributed by atoms with Gasteiger partial charge < -0.3 is 15.2 Å². The van der Waals surface area contributed by atoms with Crippen molar-refractivity contribution in [1.29, 1.82) is 0 Å². The highest BCUT2D eigenvalue weighted by Crippen LogP contribution is 2.24. The Bertz CT molecular complexity index is 1220. The minimum atomic E-state index is -4.88. The first kappa shape index (κ1) is 24.0. The molecule has 1 saturated heterocycles. The molecule has 0 aliphatic carbocycles. The number of carbonyl (C=O) groups excluding carboxylic acids is 2. The van der Waals surface area contributed by atoms with Gasteiger partial charge in [-0.15, -0.1) is 13.2 Å². The van der Waals surface area contributed by atoms with Crippen LogP contribution in [0.15, 0.2) is 36.4 Å². The number of imidazole rings is 1. The number of aromatic amines is 1. The number of benzene rings is 2. The van der Waals surface area contributed by atoms with Crippen molar-refractivity contribution >= 4 is 34.4 Å².